The second-order valence-corrected chi connectivity index (χ2v) is 11.6. The average Bonchev–Trinajstić information content (AvgIpc) is 3.61. The predicted octanol–water partition coefficient (Wildman–Crippen LogP) is 5.27. The van der Waals surface area contributed by atoms with Gasteiger partial charge in [0.05, 0.1) is 34.6 Å². The minimum absolute atomic E-state index is 0.213. The van der Waals surface area contributed by atoms with E-state index in [0.29, 0.717) is 49.1 Å². The first-order valence-electron chi connectivity index (χ1n) is 13.2. The molecule has 0 fully saturated rings. The second-order valence-electron chi connectivity index (χ2n) is 9.21. The Morgan fingerprint density at radius 1 is 1.05 bits per heavy atom. The highest BCUT2D eigenvalue weighted by Crippen LogP contribution is 2.33. The van der Waals surface area contributed by atoms with Gasteiger partial charge in [-0.3, -0.25) is 9.36 Å². The number of thiazole rings is 1. The number of halogens is 1. The number of thiophene rings is 1. The highest BCUT2D eigenvalue weighted by molar-refractivity contribution is 7.10. The fraction of sp³-hybridized carbons (Fsp3) is 0.226. The van der Waals surface area contributed by atoms with E-state index in [-0.39, 0.29) is 24.7 Å². The summed E-state index contributed by atoms with van der Waals surface area (Å²) in [4.78, 5) is 44.7. The van der Waals surface area contributed by atoms with Gasteiger partial charge in [0.15, 0.2) is 4.80 Å². The summed E-state index contributed by atoms with van der Waals surface area (Å²) >= 11 is 9.02. The molecule has 0 bridgehead atoms. The summed E-state index contributed by atoms with van der Waals surface area (Å²) < 4.78 is 18.5. The van der Waals surface area contributed by atoms with Crippen LogP contribution in [-0.4, -0.2) is 29.7 Å². The lowest BCUT2D eigenvalue weighted by molar-refractivity contribution is -0.139. The largest absolute Gasteiger partial charge is 0.488 e. The summed E-state index contributed by atoms with van der Waals surface area (Å²) in [5.74, 6) is -0.345. The van der Waals surface area contributed by atoms with Gasteiger partial charge in [-0.05, 0) is 74.2 Å². The zero-order valence-corrected chi connectivity index (χ0v) is 25.5. The van der Waals surface area contributed by atoms with E-state index in [4.69, 9.17) is 25.8 Å². The molecule has 11 heteroatoms. The zero-order valence-electron chi connectivity index (χ0n) is 23.1. The summed E-state index contributed by atoms with van der Waals surface area (Å²) in [5, 5.41) is 2.39. The van der Waals surface area contributed by atoms with E-state index in [1.165, 1.54) is 22.7 Å². The highest BCUT2D eigenvalue weighted by atomic mass is 35.5. The Hall–Kier alpha value is -3.99. The number of hydrogen-bond donors (Lipinski definition) is 0. The van der Waals surface area contributed by atoms with Crippen LogP contribution in [0.25, 0.3) is 6.08 Å². The first-order chi connectivity index (χ1) is 20.3. The van der Waals surface area contributed by atoms with Gasteiger partial charge in [0, 0.05) is 15.5 Å². The molecular formula is C31H27ClN2O6S2. The molecule has 1 aliphatic heterocycles. The van der Waals surface area contributed by atoms with Crippen LogP contribution in [0, 0.1) is 0 Å². The van der Waals surface area contributed by atoms with Gasteiger partial charge in [-0.25, -0.2) is 14.6 Å². The van der Waals surface area contributed by atoms with Crippen molar-refractivity contribution in [2.24, 2.45) is 4.99 Å². The molecule has 4 aromatic rings. The van der Waals surface area contributed by atoms with Crippen molar-refractivity contribution in [3.05, 3.63) is 118 Å². The fourth-order valence-electron chi connectivity index (χ4n) is 4.52. The Labute approximate surface area is 254 Å². The molecule has 2 aromatic heterocycles. The molecule has 0 aliphatic carbocycles. The fourth-order valence-corrected chi connectivity index (χ4v) is 6.57. The van der Waals surface area contributed by atoms with E-state index < -0.39 is 12.0 Å². The number of nitrogens with zero attached hydrogens (tertiary/aromatic N) is 2. The van der Waals surface area contributed by atoms with E-state index in [9.17, 15) is 14.4 Å². The minimum atomic E-state index is -0.643. The van der Waals surface area contributed by atoms with Crippen molar-refractivity contribution in [2.45, 2.75) is 33.4 Å². The number of benzene rings is 2. The molecule has 0 saturated carbocycles. The molecule has 0 radical (unpaired) electrons. The summed E-state index contributed by atoms with van der Waals surface area (Å²) in [6.07, 6.45) is 1.73. The van der Waals surface area contributed by atoms with E-state index in [1.807, 2.05) is 17.5 Å². The molecule has 1 atom stereocenters. The maximum atomic E-state index is 13.9. The zero-order chi connectivity index (χ0) is 29.8. The summed E-state index contributed by atoms with van der Waals surface area (Å²) in [7, 11) is 0. The molecule has 0 saturated heterocycles. The third kappa shape index (κ3) is 6.11. The third-order valence-corrected chi connectivity index (χ3v) is 8.59. The Morgan fingerprint density at radius 3 is 2.48 bits per heavy atom. The molecule has 0 N–H and O–H groups in total. The van der Waals surface area contributed by atoms with Crippen LogP contribution in [-0.2, 0) is 20.9 Å². The molecule has 8 nitrogen and oxygen atoms in total. The van der Waals surface area contributed by atoms with Gasteiger partial charge in [0.25, 0.3) is 5.56 Å². The van der Waals surface area contributed by atoms with Gasteiger partial charge >= 0.3 is 11.9 Å². The number of carbonyl (C=O) groups excluding carboxylic acids is 2. The van der Waals surface area contributed by atoms with Crippen molar-refractivity contribution in [3.63, 3.8) is 0 Å². The van der Waals surface area contributed by atoms with E-state index >= 15 is 0 Å². The van der Waals surface area contributed by atoms with Crippen LogP contribution in [0.2, 0.25) is 5.02 Å². The van der Waals surface area contributed by atoms with Crippen molar-refractivity contribution in [1.82, 2.24) is 4.57 Å². The van der Waals surface area contributed by atoms with E-state index in [0.717, 1.165) is 10.4 Å². The highest BCUT2D eigenvalue weighted by Gasteiger charge is 2.33. The molecule has 0 unspecified atom stereocenters. The maximum Gasteiger partial charge on any atom is 0.338 e. The van der Waals surface area contributed by atoms with Crippen LogP contribution >= 0.6 is 34.3 Å². The van der Waals surface area contributed by atoms with Crippen molar-refractivity contribution < 1.29 is 23.8 Å². The lowest BCUT2D eigenvalue weighted by Gasteiger charge is -2.23. The van der Waals surface area contributed by atoms with Gasteiger partial charge in [0.1, 0.15) is 18.4 Å². The van der Waals surface area contributed by atoms with Crippen LogP contribution < -0.4 is 19.6 Å². The molecule has 216 valence electrons. The predicted molar refractivity (Wildman–Crippen MR) is 163 cm³/mol. The van der Waals surface area contributed by atoms with Crippen molar-refractivity contribution in [3.8, 4) is 5.75 Å². The van der Waals surface area contributed by atoms with Crippen molar-refractivity contribution in [2.75, 3.05) is 13.2 Å². The smallest absolute Gasteiger partial charge is 0.338 e. The molecule has 3 heterocycles. The standard InChI is InChI=1S/C31H27ClN2O6S2/c1-4-38-29(36)20-10-8-19(9-11-20)17-40-23-13-12-22(32)15-21(23)16-25-28(35)34-27(24-7-6-14-41-24)26(30(37)39-5-2)18(3)33-31(34)42-25/h6-16,27H,4-5,17H2,1-3H3/b25-16-/t27-/m0/s1. The molecule has 2 aromatic carbocycles. The molecular weight excluding hydrogens is 596 g/mol. The second kappa shape index (κ2) is 12.9. The molecule has 42 heavy (non-hydrogen) atoms. The lowest BCUT2D eigenvalue weighted by atomic mass is 10.0. The normalized spacial score (nSPS) is 14.8. The number of ether oxygens (including phenoxy) is 3. The first kappa shape index (κ1) is 29.5. The number of fused-ring (bicyclic) bond motifs is 1. The Kier molecular flexibility index (Phi) is 9.06. The topological polar surface area (TPSA) is 96.2 Å². The number of rotatable bonds is 9. The van der Waals surface area contributed by atoms with Crippen LogP contribution in [0.1, 0.15) is 53.2 Å². The van der Waals surface area contributed by atoms with Crippen LogP contribution in [0.5, 0.6) is 5.75 Å². The average molecular weight is 623 g/mol. The number of esters is 2. The van der Waals surface area contributed by atoms with Crippen LogP contribution in [0.4, 0.5) is 0 Å². The third-order valence-electron chi connectivity index (χ3n) is 6.45. The minimum Gasteiger partial charge on any atom is -0.488 e. The monoisotopic (exact) mass is 622 g/mol. The molecule has 0 spiro atoms. The number of carbonyl (C=O) groups is 2. The van der Waals surface area contributed by atoms with E-state index in [2.05, 4.69) is 4.99 Å². The van der Waals surface area contributed by atoms with E-state index in [1.54, 1.807) is 73.9 Å². The quantitative estimate of drug-likeness (QED) is 0.236. The Bertz CT molecular complexity index is 1840. The molecule has 0 amide bonds. The van der Waals surface area contributed by atoms with Crippen molar-refractivity contribution >= 4 is 52.3 Å². The van der Waals surface area contributed by atoms with Gasteiger partial charge < -0.3 is 14.2 Å². The molecule has 5 rings (SSSR count). The first-order valence-corrected chi connectivity index (χ1v) is 15.3. The Morgan fingerprint density at radius 2 is 1.79 bits per heavy atom. The van der Waals surface area contributed by atoms with Crippen LogP contribution in [0.3, 0.4) is 0 Å². The summed E-state index contributed by atoms with van der Waals surface area (Å²) in [6.45, 7) is 6.01. The number of aromatic nitrogens is 1. The maximum absolute atomic E-state index is 13.9. The number of allylic oxidation sites excluding steroid dienone is 1. The summed E-state index contributed by atoms with van der Waals surface area (Å²) in [5.41, 5.74) is 2.50. The SMILES string of the molecule is CCOC(=O)C1=C(C)N=c2s/c(=C\c3cc(Cl)ccc3OCc3ccc(C(=O)OCC)cc3)c(=O)n2[C@H]1c1cccs1. The lowest BCUT2D eigenvalue weighted by Crippen LogP contribution is -2.39. The number of hydrogen-bond acceptors (Lipinski definition) is 9. The van der Waals surface area contributed by atoms with Crippen molar-refractivity contribution in [1.29, 1.82) is 0 Å². The van der Waals surface area contributed by atoms with Gasteiger partial charge in [-0.2, -0.15) is 0 Å². The van der Waals surface area contributed by atoms with Crippen LogP contribution in [0.15, 0.2) is 81.0 Å². The summed E-state index contributed by atoms with van der Waals surface area (Å²) in [6, 6.07) is 15.3. The Balaban J connectivity index is 1.50. The van der Waals surface area contributed by atoms with Gasteiger partial charge in [0.2, 0.25) is 0 Å². The molecule has 1 aliphatic rings. The van der Waals surface area contributed by atoms with Gasteiger partial charge in [-0.15, -0.1) is 11.3 Å². The van der Waals surface area contributed by atoms with Gasteiger partial charge in [-0.1, -0.05) is 41.1 Å².